The number of halogens is 1. The minimum absolute atomic E-state index is 0.0505. The molecule has 6 heteroatoms. The van der Waals surface area contributed by atoms with E-state index in [-0.39, 0.29) is 11.6 Å². The monoisotopic (exact) mass is 298 g/mol. The number of alkyl halides is 1. The second kappa shape index (κ2) is 4.83. The predicted octanol–water partition coefficient (Wildman–Crippen LogP) is 2.20. The van der Waals surface area contributed by atoms with Gasteiger partial charge in [0.1, 0.15) is 0 Å². The smallest absolute Gasteiger partial charge is 0.270 e. The van der Waals surface area contributed by atoms with Crippen LogP contribution in [0.3, 0.4) is 0 Å². The van der Waals surface area contributed by atoms with Crippen molar-refractivity contribution in [2.75, 3.05) is 13.1 Å². The van der Waals surface area contributed by atoms with Gasteiger partial charge in [0.15, 0.2) is 0 Å². The van der Waals surface area contributed by atoms with E-state index >= 15 is 0 Å². The Morgan fingerprint density at radius 3 is 2.88 bits per heavy atom. The maximum absolute atomic E-state index is 12.0. The molecule has 90 valence electrons. The minimum atomic E-state index is -0.492. The summed E-state index contributed by atoms with van der Waals surface area (Å²) in [5.41, 5.74) is 0.325. The summed E-state index contributed by atoms with van der Waals surface area (Å²) in [5, 5.41) is 10.6. The Morgan fingerprint density at radius 1 is 1.53 bits per heavy atom. The number of hydrogen-bond donors (Lipinski definition) is 0. The van der Waals surface area contributed by atoms with E-state index in [1.54, 1.807) is 11.0 Å². The van der Waals surface area contributed by atoms with E-state index in [4.69, 9.17) is 0 Å². The Labute approximate surface area is 107 Å². The number of rotatable bonds is 2. The zero-order chi connectivity index (χ0) is 12.4. The fourth-order valence-corrected chi connectivity index (χ4v) is 2.39. The lowest BCUT2D eigenvalue weighted by molar-refractivity contribution is -0.384. The lowest BCUT2D eigenvalue weighted by Crippen LogP contribution is -2.28. The van der Waals surface area contributed by atoms with Crippen molar-refractivity contribution in [3.63, 3.8) is 0 Å². The molecule has 1 aromatic carbocycles. The lowest BCUT2D eigenvalue weighted by atomic mass is 10.2. The molecule has 0 aromatic heterocycles. The Balaban J connectivity index is 2.19. The quantitative estimate of drug-likeness (QED) is 0.478. The van der Waals surface area contributed by atoms with Gasteiger partial charge in [-0.1, -0.05) is 22.0 Å². The van der Waals surface area contributed by atoms with Gasteiger partial charge < -0.3 is 4.90 Å². The summed E-state index contributed by atoms with van der Waals surface area (Å²) in [4.78, 5) is 24.2. The Morgan fingerprint density at radius 2 is 2.29 bits per heavy atom. The third kappa shape index (κ3) is 2.63. The highest BCUT2D eigenvalue weighted by Gasteiger charge is 2.25. The van der Waals surface area contributed by atoms with Gasteiger partial charge in [0.25, 0.3) is 11.6 Å². The number of nitro groups is 1. The van der Waals surface area contributed by atoms with Crippen molar-refractivity contribution < 1.29 is 9.72 Å². The average molecular weight is 299 g/mol. The lowest BCUT2D eigenvalue weighted by Gasteiger charge is -2.15. The van der Waals surface area contributed by atoms with Crippen molar-refractivity contribution in [1.82, 2.24) is 4.90 Å². The summed E-state index contributed by atoms with van der Waals surface area (Å²) >= 11 is 3.46. The molecule has 1 aliphatic rings. The molecular formula is C11H11BrN2O3. The second-order valence-corrected chi connectivity index (χ2v) is 5.24. The first-order valence-electron chi connectivity index (χ1n) is 5.26. The molecule has 1 amide bonds. The van der Waals surface area contributed by atoms with Gasteiger partial charge in [0.05, 0.1) is 4.92 Å². The summed E-state index contributed by atoms with van der Waals surface area (Å²) in [7, 11) is 0. The van der Waals surface area contributed by atoms with E-state index < -0.39 is 4.92 Å². The van der Waals surface area contributed by atoms with Crippen molar-refractivity contribution in [2.45, 2.75) is 11.2 Å². The minimum Gasteiger partial charge on any atom is -0.337 e. The molecule has 1 saturated heterocycles. The number of benzene rings is 1. The molecule has 1 atom stereocenters. The molecule has 5 nitrogen and oxygen atoms in total. The van der Waals surface area contributed by atoms with Gasteiger partial charge in [-0.05, 0) is 12.5 Å². The molecule has 2 rings (SSSR count). The molecule has 0 spiro atoms. The van der Waals surface area contributed by atoms with Crippen molar-refractivity contribution in [2.24, 2.45) is 0 Å². The van der Waals surface area contributed by atoms with Gasteiger partial charge in [-0.3, -0.25) is 14.9 Å². The van der Waals surface area contributed by atoms with Crippen LogP contribution in [0.15, 0.2) is 24.3 Å². The summed E-state index contributed by atoms with van der Waals surface area (Å²) < 4.78 is 0. The molecule has 17 heavy (non-hydrogen) atoms. The molecule has 1 aliphatic heterocycles. The number of amides is 1. The maximum Gasteiger partial charge on any atom is 0.270 e. The van der Waals surface area contributed by atoms with E-state index in [0.29, 0.717) is 23.5 Å². The highest BCUT2D eigenvalue weighted by Crippen LogP contribution is 2.20. The van der Waals surface area contributed by atoms with Gasteiger partial charge >= 0.3 is 0 Å². The maximum atomic E-state index is 12.0. The first-order valence-corrected chi connectivity index (χ1v) is 6.17. The van der Waals surface area contributed by atoms with Crippen molar-refractivity contribution in [3.05, 3.63) is 39.9 Å². The molecule has 1 aromatic rings. The molecule has 0 radical (unpaired) electrons. The molecular weight excluding hydrogens is 288 g/mol. The van der Waals surface area contributed by atoms with E-state index in [2.05, 4.69) is 15.9 Å². The summed E-state index contributed by atoms with van der Waals surface area (Å²) in [6, 6.07) is 5.85. The van der Waals surface area contributed by atoms with Crippen LogP contribution < -0.4 is 0 Å². The molecule has 0 bridgehead atoms. The third-order valence-corrected chi connectivity index (χ3v) is 3.47. The van der Waals surface area contributed by atoms with Crippen LogP contribution in [-0.2, 0) is 0 Å². The van der Waals surface area contributed by atoms with Crippen molar-refractivity contribution in [1.29, 1.82) is 0 Å². The van der Waals surface area contributed by atoms with Gasteiger partial charge in [-0.2, -0.15) is 0 Å². The number of carbonyl (C=O) groups excluding carboxylic acids is 1. The van der Waals surface area contributed by atoms with E-state index in [1.807, 2.05) is 0 Å². The average Bonchev–Trinajstić information content (AvgIpc) is 2.75. The number of nitro benzene ring substituents is 1. The molecule has 1 fully saturated rings. The van der Waals surface area contributed by atoms with Crippen molar-refractivity contribution in [3.8, 4) is 0 Å². The van der Waals surface area contributed by atoms with Crippen LogP contribution in [-0.4, -0.2) is 33.6 Å². The van der Waals surface area contributed by atoms with E-state index in [0.717, 1.165) is 6.42 Å². The number of non-ortho nitro benzene ring substituents is 1. The van der Waals surface area contributed by atoms with Crippen LogP contribution >= 0.6 is 15.9 Å². The molecule has 0 N–H and O–H groups in total. The molecule has 1 heterocycles. The van der Waals surface area contributed by atoms with Gasteiger partial charge in [0, 0.05) is 35.6 Å². The van der Waals surface area contributed by atoms with Crippen molar-refractivity contribution >= 4 is 27.5 Å². The number of nitrogens with zero attached hydrogens (tertiary/aromatic N) is 2. The van der Waals surface area contributed by atoms with Gasteiger partial charge in [-0.15, -0.1) is 0 Å². The largest absolute Gasteiger partial charge is 0.337 e. The zero-order valence-corrected chi connectivity index (χ0v) is 10.6. The van der Waals surface area contributed by atoms with Gasteiger partial charge in [-0.25, -0.2) is 0 Å². The van der Waals surface area contributed by atoms with Crippen LogP contribution in [0.25, 0.3) is 0 Å². The molecule has 0 aliphatic carbocycles. The first-order chi connectivity index (χ1) is 8.08. The predicted molar refractivity (Wildman–Crippen MR) is 66.3 cm³/mol. The number of hydrogen-bond acceptors (Lipinski definition) is 3. The zero-order valence-electron chi connectivity index (χ0n) is 9.01. The Kier molecular flexibility index (Phi) is 3.42. The summed E-state index contributed by atoms with van der Waals surface area (Å²) in [5.74, 6) is -0.143. The van der Waals surface area contributed by atoms with E-state index in [1.165, 1.54) is 18.2 Å². The third-order valence-electron chi connectivity index (χ3n) is 2.72. The topological polar surface area (TPSA) is 63.4 Å². The first kappa shape index (κ1) is 12.0. The van der Waals surface area contributed by atoms with Crippen LogP contribution in [0, 0.1) is 10.1 Å². The van der Waals surface area contributed by atoms with Crippen LogP contribution in [0.4, 0.5) is 5.69 Å². The fourth-order valence-electron chi connectivity index (χ4n) is 1.84. The fraction of sp³-hybridized carbons (Fsp3) is 0.364. The Bertz CT molecular complexity index is 464. The summed E-state index contributed by atoms with van der Waals surface area (Å²) in [6.45, 7) is 1.35. The SMILES string of the molecule is O=C(c1cccc([N+](=O)[O-])c1)N1CCC(Br)C1. The normalized spacial score (nSPS) is 19.4. The number of likely N-dealkylation sites (tertiary alicyclic amines) is 1. The van der Waals surface area contributed by atoms with Crippen LogP contribution in [0.5, 0.6) is 0 Å². The van der Waals surface area contributed by atoms with E-state index in [9.17, 15) is 14.9 Å². The highest BCUT2D eigenvalue weighted by molar-refractivity contribution is 9.09. The second-order valence-electron chi connectivity index (χ2n) is 3.94. The standard InChI is InChI=1S/C11H11BrN2O3/c12-9-4-5-13(7-9)11(15)8-2-1-3-10(6-8)14(16)17/h1-3,6,9H,4-5,7H2. The molecule has 0 saturated carbocycles. The van der Waals surface area contributed by atoms with Crippen LogP contribution in [0.2, 0.25) is 0 Å². The number of carbonyl (C=O) groups is 1. The summed E-state index contributed by atoms with van der Waals surface area (Å²) in [6.07, 6.45) is 0.917. The van der Waals surface area contributed by atoms with Crippen LogP contribution in [0.1, 0.15) is 16.8 Å². The highest BCUT2D eigenvalue weighted by atomic mass is 79.9. The van der Waals surface area contributed by atoms with Gasteiger partial charge in [0.2, 0.25) is 0 Å². The Hall–Kier alpha value is -1.43. The molecule has 1 unspecified atom stereocenters.